The molecule has 0 bridgehead atoms. The van der Waals surface area contributed by atoms with Crippen LogP contribution in [0.4, 0.5) is 4.39 Å². The highest BCUT2D eigenvalue weighted by Gasteiger charge is 2.31. The predicted octanol–water partition coefficient (Wildman–Crippen LogP) is 3.36. The summed E-state index contributed by atoms with van der Waals surface area (Å²) in [6, 6.07) is 5.50. The molecular weight excluding hydrogens is 480 g/mol. The van der Waals surface area contributed by atoms with Gasteiger partial charge in [0.1, 0.15) is 17.5 Å². The molecule has 7 nitrogen and oxygen atoms in total. The van der Waals surface area contributed by atoms with Crippen molar-refractivity contribution in [3.8, 4) is 0 Å². The second kappa shape index (κ2) is 10.3. The third-order valence-electron chi connectivity index (χ3n) is 6.09. The maximum atomic E-state index is 13.4. The molecule has 2 aromatic heterocycles. The molecule has 0 radical (unpaired) electrons. The second-order valence-corrected chi connectivity index (χ2v) is 9.58. The van der Waals surface area contributed by atoms with E-state index in [-0.39, 0.29) is 35.3 Å². The van der Waals surface area contributed by atoms with Crippen LogP contribution in [0.3, 0.4) is 0 Å². The number of amides is 2. The van der Waals surface area contributed by atoms with Crippen LogP contribution in [0.5, 0.6) is 0 Å². The Morgan fingerprint density at radius 2 is 2.06 bits per heavy atom. The quantitative estimate of drug-likeness (QED) is 0.459. The van der Waals surface area contributed by atoms with Crippen molar-refractivity contribution in [3.63, 3.8) is 0 Å². The molecule has 0 unspecified atom stereocenters. The fraction of sp³-hybridized carbons (Fsp3) is 0.375. The van der Waals surface area contributed by atoms with Crippen LogP contribution < -0.4 is 16.0 Å². The summed E-state index contributed by atoms with van der Waals surface area (Å²) in [6.45, 7) is 2.58. The van der Waals surface area contributed by atoms with Gasteiger partial charge in [-0.1, -0.05) is 29.3 Å². The van der Waals surface area contributed by atoms with Crippen molar-refractivity contribution in [3.05, 3.63) is 63.6 Å². The van der Waals surface area contributed by atoms with E-state index in [4.69, 9.17) is 23.2 Å². The van der Waals surface area contributed by atoms with Gasteiger partial charge in [-0.3, -0.25) is 9.59 Å². The Labute approximate surface area is 207 Å². The molecule has 3 atom stereocenters. The van der Waals surface area contributed by atoms with Crippen molar-refractivity contribution in [2.24, 2.45) is 13.0 Å². The highest BCUT2D eigenvalue weighted by molar-refractivity contribution is 6.35. The van der Waals surface area contributed by atoms with E-state index in [2.05, 4.69) is 20.9 Å². The van der Waals surface area contributed by atoms with Gasteiger partial charge < -0.3 is 20.5 Å². The first kappa shape index (κ1) is 24.4. The standard InChI is InChI=1S/C24H26Cl2FN5O2/c1-13(23(33)30-11-16-6-17-19(26)12-32(2)22(17)29-10-16)31-24(34)21-8-15(9-28-21)5-14-3-4-20(27)18(25)7-14/h3-4,6-7,10,12-13,15,21,28H,5,8-9,11H2,1-2H3,(H,30,33)(H,31,34)/t13-,15-,21+/m0/s1. The average molecular weight is 506 g/mol. The maximum Gasteiger partial charge on any atom is 0.242 e. The van der Waals surface area contributed by atoms with Crippen molar-refractivity contribution in [2.45, 2.75) is 38.4 Å². The van der Waals surface area contributed by atoms with Crippen LogP contribution in [0.15, 0.2) is 36.7 Å². The summed E-state index contributed by atoms with van der Waals surface area (Å²) in [4.78, 5) is 29.6. The van der Waals surface area contributed by atoms with Crippen molar-refractivity contribution in [1.29, 1.82) is 0 Å². The second-order valence-electron chi connectivity index (χ2n) is 8.77. The number of hydrogen-bond donors (Lipinski definition) is 3. The van der Waals surface area contributed by atoms with Gasteiger partial charge in [0, 0.05) is 31.4 Å². The number of carbonyl (C=O) groups excluding carboxylic acids is 2. The van der Waals surface area contributed by atoms with E-state index < -0.39 is 11.9 Å². The minimum absolute atomic E-state index is 0.0974. The van der Waals surface area contributed by atoms with E-state index in [1.54, 1.807) is 31.5 Å². The van der Waals surface area contributed by atoms with E-state index in [1.165, 1.54) is 6.07 Å². The molecule has 2 amide bonds. The van der Waals surface area contributed by atoms with Gasteiger partial charge in [-0.15, -0.1) is 0 Å². The Morgan fingerprint density at radius 1 is 1.26 bits per heavy atom. The molecule has 1 aliphatic heterocycles. The number of aromatic nitrogens is 2. The monoisotopic (exact) mass is 505 g/mol. The lowest BCUT2D eigenvalue weighted by Crippen LogP contribution is -2.49. The van der Waals surface area contributed by atoms with Crippen LogP contribution in [-0.2, 0) is 29.6 Å². The van der Waals surface area contributed by atoms with Gasteiger partial charge in [0.05, 0.1) is 16.1 Å². The molecule has 3 N–H and O–H groups in total. The molecule has 1 aromatic carbocycles. The number of fused-ring (bicyclic) bond motifs is 1. The number of nitrogens with one attached hydrogen (secondary N) is 3. The third-order valence-corrected chi connectivity index (χ3v) is 6.68. The summed E-state index contributed by atoms with van der Waals surface area (Å²) in [7, 11) is 1.87. The normalized spacial score (nSPS) is 18.7. The van der Waals surface area contributed by atoms with Crippen LogP contribution in [0.25, 0.3) is 11.0 Å². The first-order valence-corrected chi connectivity index (χ1v) is 11.8. The lowest BCUT2D eigenvalue weighted by atomic mass is 9.96. The lowest BCUT2D eigenvalue weighted by molar-refractivity contribution is -0.129. The van der Waals surface area contributed by atoms with E-state index >= 15 is 0 Å². The van der Waals surface area contributed by atoms with Gasteiger partial charge in [-0.25, -0.2) is 9.37 Å². The van der Waals surface area contributed by atoms with Gasteiger partial charge in [0.15, 0.2) is 0 Å². The molecule has 4 rings (SSSR count). The summed E-state index contributed by atoms with van der Waals surface area (Å²) < 4.78 is 15.2. The van der Waals surface area contributed by atoms with Crippen LogP contribution in [0.2, 0.25) is 10.0 Å². The Morgan fingerprint density at radius 3 is 2.82 bits per heavy atom. The smallest absolute Gasteiger partial charge is 0.242 e. The summed E-state index contributed by atoms with van der Waals surface area (Å²) in [6.07, 6.45) is 4.80. The van der Waals surface area contributed by atoms with Gasteiger partial charge in [-0.05, 0) is 61.6 Å². The van der Waals surface area contributed by atoms with E-state index in [1.807, 2.05) is 17.7 Å². The van der Waals surface area contributed by atoms with E-state index in [0.717, 1.165) is 22.2 Å². The SMILES string of the molecule is C[C@H](NC(=O)[C@H]1C[C@H](Cc2ccc(F)c(Cl)c2)CN1)C(=O)NCc1cnc2c(c1)c(Cl)cn2C. The molecule has 1 fully saturated rings. The minimum atomic E-state index is -0.693. The highest BCUT2D eigenvalue weighted by Crippen LogP contribution is 2.25. The number of nitrogens with zero attached hydrogens (tertiary/aromatic N) is 2. The molecule has 0 saturated carbocycles. The number of carbonyl (C=O) groups is 2. The number of pyridine rings is 1. The summed E-state index contributed by atoms with van der Waals surface area (Å²) in [5.41, 5.74) is 2.51. The lowest BCUT2D eigenvalue weighted by Gasteiger charge is -2.17. The largest absolute Gasteiger partial charge is 0.350 e. The van der Waals surface area contributed by atoms with Crippen LogP contribution >= 0.6 is 23.2 Å². The molecular formula is C24H26Cl2FN5O2. The van der Waals surface area contributed by atoms with Crippen molar-refractivity contribution in [2.75, 3.05) is 6.54 Å². The number of aryl methyl sites for hydroxylation is 1. The van der Waals surface area contributed by atoms with E-state index in [9.17, 15) is 14.0 Å². The number of hydrogen-bond acceptors (Lipinski definition) is 4. The van der Waals surface area contributed by atoms with Crippen LogP contribution in [0, 0.1) is 11.7 Å². The predicted molar refractivity (Wildman–Crippen MR) is 130 cm³/mol. The maximum absolute atomic E-state index is 13.4. The Hall–Kier alpha value is -2.68. The number of benzene rings is 1. The molecule has 1 aliphatic rings. The average Bonchev–Trinajstić information content (AvgIpc) is 3.38. The highest BCUT2D eigenvalue weighted by atomic mass is 35.5. The van der Waals surface area contributed by atoms with Gasteiger partial charge in [0.2, 0.25) is 11.8 Å². The van der Waals surface area contributed by atoms with E-state index in [0.29, 0.717) is 24.4 Å². The first-order chi connectivity index (χ1) is 16.2. The fourth-order valence-electron chi connectivity index (χ4n) is 4.24. The van der Waals surface area contributed by atoms with Crippen LogP contribution in [0.1, 0.15) is 24.5 Å². The third kappa shape index (κ3) is 5.51. The van der Waals surface area contributed by atoms with Crippen molar-refractivity contribution in [1.82, 2.24) is 25.5 Å². The molecule has 180 valence electrons. The summed E-state index contributed by atoms with van der Waals surface area (Å²) in [5, 5.41) is 10.3. The fourth-order valence-corrected chi connectivity index (χ4v) is 4.73. The van der Waals surface area contributed by atoms with Gasteiger partial charge >= 0.3 is 0 Å². The Bertz CT molecular complexity index is 1230. The molecule has 3 aromatic rings. The molecule has 34 heavy (non-hydrogen) atoms. The zero-order valence-corrected chi connectivity index (χ0v) is 20.4. The van der Waals surface area contributed by atoms with Crippen LogP contribution in [-0.4, -0.2) is 40.0 Å². The topological polar surface area (TPSA) is 88.1 Å². The molecule has 1 saturated heterocycles. The number of halogens is 3. The molecule has 3 heterocycles. The molecule has 0 spiro atoms. The first-order valence-electron chi connectivity index (χ1n) is 11.1. The molecule has 0 aliphatic carbocycles. The summed E-state index contributed by atoms with van der Waals surface area (Å²) >= 11 is 12.1. The Balaban J connectivity index is 1.25. The summed E-state index contributed by atoms with van der Waals surface area (Å²) in [5.74, 6) is -0.738. The zero-order valence-electron chi connectivity index (χ0n) is 18.9. The zero-order chi connectivity index (χ0) is 24.4. The minimum Gasteiger partial charge on any atom is -0.350 e. The van der Waals surface area contributed by atoms with Gasteiger partial charge in [-0.2, -0.15) is 0 Å². The molecule has 10 heteroatoms. The van der Waals surface area contributed by atoms with Crippen molar-refractivity contribution >= 4 is 46.0 Å². The Kier molecular flexibility index (Phi) is 7.40. The van der Waals surface area contributed by atoms with Crippen molar-refractivity contribution < 1.29 is 14.0 Å². The number of rotatable bonds is 7. The van der Waals surface area contributed by atoms with Gasteiger partial charge in [0.25, 0.3) is 0 Å².